The van der Waals surface area contributed by atoms with Crippen molar-refractivity contribution in [3.05, 3.63) is 57.4 Å². The normalized spacial score (nSPS) is 10.5. The summed E-state index contributed by atoms with van der Waals surface area (Å²) in [5.74, 6) is 0.537. The van der Waals surface area contributed by atoms with Crippen molar-refractivity contribution in [3.63, 3.8) is 0 Å². The first-order valence-corrected chi connectivity index (χ1v) is 7.13. The number of thioether (sulfide) groups is 1. The number of rotatable bonds is 3. The average Bonchev–Trinajstić information content (AvgIpc) is 2.27. The number of benzene rings is 2. The summed E-state index contributed by atoms with van der Waals surface area (Å²) >= 11 is 3.86. The molecule has 0 atom stereocenters. The van der Waals surface area contributed by atoms with E-state index in [2.05, 4.69) is 46.9 Å². The largest absolute Gasteiger partial charge is 0.399 e. The highest BCUT2D eigenvalue weighted by Crippen LogP contribution is 2.25. The molecule has 0 saturated carbocycles. The van der Waals surface area contributed by atoms with Crippen LogP contribution in [0.2, 0.25) is 0 Å². The third-order valence-electron chi connectivity index (χ3n) is 2.21. The van der Waals surface area contributed by atoms with Crippen LogP contribution in [0, 0.1) is 9.39 Å². The Bertz CT molecular complexity index is 493. The van der Waals surface area contributed by atoms with Gasteiger partial charge in [-0.3, -0.25) is 0 Å². The molecule has 0 radical (unpaired) electrons. The van der Waals surface area contributed by atoms with Gasteiger partial charge in [-0.2, -0.15) is 0 Å². The maximum atomic E-state index is 13.1. The Labute approximate surface area is 118 Å². The third kappa shape index (κ3) is 3.89. The van der Waals surface area contributed by atoms with Gasteiger partial charge in [-0.1, -0.05) is 12.1 Å². The number of nitrogen functional groups attached to an aromatic ring is 1. The molecule has 0 aliphatic heterocycles. The van der Waals surface area contributed by atoms with Gasteiger partial charge in [0.2, 0.25) is 0 Å². The Balaban J connectivity index is 2.04. The standard InChI is InChI=1S/C13H11FINS/c14-10-5-12(16)7-13(6-10)17-8-9-1-3-11(15)4-2-9/h1-7H,8,16H2. The minimum absolute atomic E-state index is 0.282. The molecule has 0 bridgehead atoms. The van der Waals surface area contributed by atoms with Gasteiger partial charge < -0.3 is 5.73 Å². The lowest BCUT2D eigenvalue weighted by atomic mass is 10.2. The summed E-state index contributed by atoms with van der Waals surface area (Å²) in [7, 11) is 0. The minimum Gasteiger partial charge on any atom is -0.399 e. The van der Waals surface area contributed by atoms with Crippen LogP contribution >= 0.6 is 34.4 Å². The van der Waals surface area contributed by atoms with E-state index < -0.39 is 0 Å². The minimum atomic E-state index is -0.282. The topological polar surface area (TPSA) is 26.0 Å². The molecular weight excluding hydrogens is 348 g/mol. The second-order valence-corrected chi connectivity index (χ2v) is 5.93. The predicted octanol–water partition coefficient (Wildman–Crippen LogP) is 4.30. The van der Waals surface area contributed by atoms with Crippen molar-refractivity contribution in [2.75, 3.05) is 5.73 Å². The van der Waals surface area contributed by atoms with E-state index in [1.165, 1.54) is 21.3 Å². The molecule has 17 heavy (non-hydrogen) atoms. The SMILES string of the molecule is Nc1cc(F)cc(SCc2ccc(I)cc2)c1. The van der Waals surface area contributed by atoms with E-state index in [0.717, 1.165) is 10.6 Å². The molecule has 0 aromatic heterocycles. The Morgan fingerprint density at radius 1 is 1.12 bits per heavy atom. The van der Waals surface area contributed by atoms with E-state index in [4.69, 9.17) is 5.73 Å². The zero-order valence-corrected chi connectivity index (χ0v) is 12.0. The highest BCUT2D eigenvalue weighted by molar-refractivity contribution is 14.1. The van der Waals surface area contributed by atoms with Crippen LogP contribution in [0.3, 0.4) is 0 Å². The molecule has 0 amide bonds. The van der Waals surface area contributed by atoms with E-state index in [0.29, 0.717) is 5.69 Å². The van der Waals surface area contributed by atoms with E-state index in [1.807, 2.05) is 0 Å². The molecule has 0 fully saturated rings. The van der Waals surface area contributed by atoms with Crippen LogP contribution in [0.25, 0.3) is 0 Å². The maximum Gasteiger partial charge on any atom is 0.126 e. The van der Waals surface area contributed by atoms with Gasteiger partial charge in [-0.05, 0) is 58.5 Å². The van der Waals surface area contributed by atoms with Crippen molar-refractivity contribution in [2.24, 2.45) is 0 Å². The summed E-state index contributed by atoms with van der Waals surface area (Å²) < 4.78 is 14.3. The second-order valence-electron chi connectivity index (χ2n) is 3.64. The van der Waals surface area contributed by atoms with Gasteiger partial charge in [0, 0.05) is 19.9 Å². The van der Waals surface area contributed by atoms with Crippen molar-refractivity contribution in [1.29, 1.82) is 0 Å². The number of hydrogen-bond donors (Lipinski definition) is 1. The molecule has 2 aromatic rings. The van der Waals surface area contributed by atoms with Gasteiger partial charge in [0.05, 0.1) is 0 Å². The van der Waals surface area contributed by atoms with Crippen molar-refractivity contribution in [3.8, 4) is 0 Å². The van der Waals surface area contributed by atoms with Crippen molar-refractivity contribution in [1.82, 2.24) is 0 Å². The smallest absolute Gasteiger partial charge is 0.126 e. The summed E-state index contributed by atoms with van der Waals surface area (Å²) in [5.41, 5.74) is 7.28. The van der Waals surface area contributed by atoms with E-state index in [1.54, 1.807) is 17.8 Å². The van der Waals surface area contributed by atoms with Gasteiger partial charge in [-0.15, -0.1) is 11.8 Å². The van der Waals surface area contributed by atoms with Crippen molar-refractivity contribution < 1.29 is 4.39 Å². The number of halogens is 2. The van der Waals surface area contributed by atoms with Crippen LogP contribution in [0.1, 0.15) is 5.56 Å². The molecule has 88 valence electrons. The lowest BCUT2D eigenvalue weighted by molar-refractivity contribution is 0.625. The van der Waals surface area contributed by atoms with Crippen molar-refractivity contribution in [2.45, 2.75) is 10.6 Å². The molecule has 2 N–H and O–H groups in total. The first-order valence-electron chi connectivity index (χ1n) is 5.07. The molecule has 1 nitrogen and oxygen atoms in total. The zero-order valence-electron chi connectivity index (χ0n) is 8.99. The molecule has 0 saturated heterocycles. The molecule has 0 aliphatic rings. The maximum absolute atomic E-state index is 13.1. The van der Waals surface area contributed by atoms with Crippen LogP contribution in [0.4, 0.5) is 10.1 Å². The molecule has 4 heteroatoms. The summed E-state index contributed by atoms with van der Waals surface area (Å²) in [6.45, 7) is 0. The van der Waals surface area contributed by atoms with E-state index in [-0.39, 0.29) is 5.82 Å². The molecule has 0 aliphatic carbocycles. The number of hydrogen-bond acceptors (Lipinski definition) is 2. The van der Waals surface area contributed by atoms with Crippen LogP contribution in [0.5, 0.6) is 0 Å². The molecular formula is C13H11FINS. The Kier molecular flexibility index (Phi) is 4.28. The number of anilines is 1. The third-order valence-corrected chi connectivity index (χ3v) is 3.98. The van der Waals surface area contributed by atoms with Gasteiger partial charge >= 0.3 is 0 Å². The van der Waals surface area contributed by atoms with Crippen LogP contribution in [-0.2, 0) is 5.75 Å². The second kappa shape index (κ2) is 5.73. The molecule has 2 rings (SSSR count). The van der Waals surface area contributed by atoms with Crippen LogP contribution in [0.15, 0.2) is 47.4 Å². The van der Waals surface area contributed by atoms with Gasteiger partial charge in [0.25, 0.3) is 0 Å². The van der Waals surface area contributed by atoms with Crippen LogP contribution < -0.4 is 5.73 Å². The Hall–Kier alpha value is -0.750. The quantitative estimate of drug-likeness (QED) is 0.502. The monoisotopic (exact) mass is 359 g/mol. The summed E-state index contributed by atoms with van der Waals surface area (Å²) in [5, 5.41) is 0. The number of nitrogens with two attached hydrogens (primary N) is 1. The Morgan fingerprint density at radius 3 is 2.47 bits per heavy atom. The first-order chi connectivity index (χ1) is 8.13. The van der Waals surface area contributed by atoms with Gasteiger partial charge in [0.1, 0.15) is 5.82 Å². The average molecular weight is 359 g/mol. The fourth-order valence-corrected chi connectivity index (χ4v) is 2.72. The van der Waals surface area contributed by atoms with E-state index in [9.17, 15) is 4.39 Å². The lowest BCUT2D eigenvalue weighted by Gasteiger charge is -2.04. The summed E-state index contributed by atoms with van der Waals surface area (Å²) in [6.07, 6.45) is 0. The fraction of sp³-hybridized carbons (Fsp3) is 0.0769. The van der Waals surface area contributed by atoms with E-state index >= 15 is 0 Å². The highest BCUT2D eigenvalue weighted by Gasteiger charge is 2.00. The van der Waals surface area contributed by atoms with Gasteiger partial charge in [0.15, 0.2) is 0 Å². The van der Waals surface area contributed by atoms with Crippen LogP contribution in [-0.4, -0.2) is 0 Å². The lowest BCUT2D eigenvalue weighted by Crippen LogP contribution is -1.88. The molecule has 0 heterocycles. The summed E-state index contributed by atoms with van der Waals surface area (Å²) in [6, 6.07) is 12.9. The van der Waals surface area contributed by atoms with Gasteiger partial charge in [-0.25, -0.2) is 4.39 Å². The highest BCUT2D eigenvalue weighted by atomic mass is 127. The molecule has 0 unspecified atom stereocenters. The first kappa shape index (κ1) is 12.7. The molecule has 2 aromatic carbocycles. The predicted molar refractivity (Wildman–Crippen MR) is 79.5 cm³/mol. The fourth-order valence-electron chi connectivity index (χ4n) is 1.42. The summed E-state index contributed by atoms with van der Waals surface area (Å²) in [4.78, 5) is 0.862. The Morgan fingerprint density at radius 2 is 1.82 bits per heavy atom. The molecule has 0 spiro atoms. The van der Waals surface area contributed by atoms with Crippen molar-refractivity contribution >= 4 is 40.0 Å². The zero-order chi connectivity index (χ0) is 12.3.